The minimum Gasteiger partial charge on any atom is -0.466 e. The van der Waals surface area contributed by atoms with Gasteiger partial charge in [0.1, 0.15) is 11.5 Å². The molecule has 3 rings (SSSR count). The molecule has 106 valence electrons. The molecular weight excluding hydrogens is 270 g/mol. The van der Waals surface area contributed by atoms with Crippen LogP contribution < -0.4 is 0 Å². The molecule has 20 heavy (non-hydrogen) atoms. The molecule has 0 atom stereocenters. The van der Waals surface area contributed by atoms with Gasteiger partial charge in [0.05, 0.1) is 5.56 Å². The Morgan fingerprint density at radius 1 is 1.35 bits per heavy atom. The summed E-state index contributed by atoms with van der Waals surface area (Å²) in [6, 6.07) is 6.16. The Balaban J connectivity index is 1.66. The molecule has 1 fully saturated rings. The van der Waals surface area contributed by atoms with Crippen molar-refractivity contribution in [1.82, 2.24) is 4.90 Å². The normalized spacial score (nSPS) is 16.6. The van der Waals surface area contributed by atoms with Crippen molar-refractivity contribution >= 4 is 17.2 Å². The van der Waals surface area contributed by atoms with E-state index in [9.17, 15) is 4.79 Å². The van der Waals surface area contributed by atoms with Gasteiger partial charge in [0.25, 0.3) is 5.91 Å². The summed E-state index contributed by atoms with van der Waals surface area (Å²) < 4.78 is 5.46. The van der Waals surface area contributed by atoms with Gasteiger partial charge in [-0.25, -0.2) is 0 Å². The van der Waals surface area contributed by atoms with Crippen molar-refractivity contribution in [3.63, 3.8) is 0 Å². The highest BCUT2D eigenvalue weighted by molar-refractivity contribution is 7.10. The van der Waals surface area contributed by atoms with Gasteiger partial charge in [0.2, 0.25) is 0 Å². The van der Waals surface area contributed by atoms with E-state index in [-0.39, 0.29) is 5.91 Å². The molecule has 0 bridgehead atoms. The Kier molecular flexibility index (Phi) is 3.66. The number of rotatable bonds is 2. The average molecular weight is 289 g/mol. The van der Waals surface area contributed by atoms with Crippen molar-refractivity contribution in [2.45, 2.75) is 32.6 Å². The number of piperidine rings is 1. The van der Waals surface area contributed by atoms with Crippen molar-refractivity contribution in [2.75, 3.05) is 13.1 Å². The van der Waals surface area contributed by atoms with Crippen molar-refractivity contribution in [1.29, 1.82) is 0 Å². The van der Waals surface area contributed by atoms with Crippen LogP contribution in [0.1, 0.15) is 45.5 Å². The van der Waals surface area contributed by atoms with Crippen LogP contribution in [0.25, 0.3) is 0 Å². The summed E-state index contributed by atoms with van der Waals surface area (Å²) in [7, 11) is 0. The van der Waals surface area contributed by atoms with Crippen LogP contribution in [0, 0.1) is 13.8 Å². The first-order valence-electron chi connectivity index (χ1n) is 7.05. The minimum absolute atomic E-state index is 0.115. The van der Waals surface area contributed by atoms with E-state index in [4.69, 9.17) is 4.42 Å². The second-order valence-corrected chi connectivity index (χ2v) is 6.39. The van der Waals surface area contributed by atoms with Crippen LogP contribution in [0.3, 0.4) is 0 Å². The fourth-order valence-electron chi connectivity index (χ4n) is 2.90. The number of carbonyl (C=O) groups is 1. The lowest BCUT2D eigenvalue weighted by molar-refractivity contribution is 0.0712. The molecule has 3 heterocycles. The summed E-state index contributed by atoms with van der Waals surface area (Å²) in [5.74, 6) is 2.27. The molecule has 0 aromatic carbocycles. The maximum atomic E-state index is 12.5. The fraction of sp³-hybridized carbons (Fsp3) is 0.438. The smallest absolute Gasteiger partial charge is 0.257 e. The molecule has 0 aliphatic carbocycles. The van der Waals surface area contributed by atoms with Gasteiger partial charge in [0.15, 0.2) is 0 Å². The largest absolute Gasteiger partial charge is 0.466 e. The van der Waals surface area contributed by atoms with Crippen LogP contribution in [0.2, 0.25) is 0 Å². The predicted molar refractivity (Wildman–Crippen MR) is 80.4 cm³/mol. The van der Waals surface area contributed by atoms with Crippen LogP contribution >= 0.6 is 11.3 Å². The summed E-state index contributed by atoms with van der Waals surface area (Å²) in [5, 5.41) is 2.13. The third-order valence-corrected chi connectivity index (χ3v) is 5.03. The highest BCUT2D eigenvalue weighted by atomic mass is 32.1. The number of aryl methyl sites for hydroxylation is 2. The molecular formula is C16H19NO2S. The van der Waals surface area contributed by atoms with E-state index in [1.807, 2.05) is 36.2 Å². The molecule has 1 aliphatic heterocycles. The molecule has 0 unspecified atom stereocenters. The highest BCUT2D eigenvalue weighted by Crippen LogP contribution is 2.31. The van der Waals surface area contributed by atoms with Gasteiger partial charge in [-0.15, -0.1) is 11.3 Å². The van der Waals surface area contributed by atoms with Crippen LogP contribution in [0.5, 0.6) is 0 Å². The van der Waals surface area contributed by atoms with E-state index >= 15 is 0 Å². The third kappa shape index (κ3) is 2.52. The second-order valence-electron chi connectivity index (χ2n) is 5.41. The molecule has 1 aliphatic rings. The van der Waals surface area contributed by atoms with Gasteiger partial charge in [-0.1, -0.05) is 6.07 Å². The number of carbonyl (C=O) groups excluding carboxylic acids is 1. The molecule has 0 radical (unpaired) electrons. The first kappa shape index (κ1) is 13.4. The average Bonchev–Trinajstić information content (AvgIpc) is 3.08. The minimum atomic E-state index is 0.115. The van der Waals surface area contributed by atoms with Crippen LogP contribution in [0.4, 0.5) is 0 Å². The number of likely N-dealkylation sites (tertiary alicyclic amines) is 1. The first-order valence-corrected chi connectivity index (χ1v) is 7.93. The zero-order valence-corrected chi connectivity index (χ0v) is 12.7. The zero-order chi connectivity index (χ0) is 14.1. The van der Waals surface area contributed by atoms with Crippen molar-refractivity contribution in [2.24, 2.45) is 0 Å². The van der Waals surface area contributed by atoms with Crippen molar-refractivity contribution < 1.29 is 9.21 Å². The maximum absolute atomic E-state index is 12.5. The van der Waals surface area contributed by atoms with Crippen LogP contribution in [0.15, 0.2) is 28.0 Å². The van der Waals surface area contributed by atoms with Crippen LogP contribution in [-0.4, -0.2) is 23.9 Å². The van der Waals surface area contributed by atoms with E-state index in [0.717, 1.165) is 43.0 Å². The molecule has 2 aromatic rings. The quantitative estimate of drug-likeness (QED) is 0.838. The Hall–Kier alpha value is -1.55. The lowest BCUT2D eigenvalue weighted by atomic mass is 9.95. The lowest BCUT2D eigenvalue weighted by Gasteiger charge is -2.31. The Bertz CT molecular complexity index is 592. The van der Waals surface area contributed by atoms with E-state index in [0.29, 0.717) is 5.92 Å². The van der Waals surface area contributed by atoms with Gasteiger partial charge in [0, 0.05) is 18.0 Å². The summed E-state index contributed by atoms with van der Waals surface area (Å²) in [4.78, 5) is 15.9. The molecule has 3 nitrogen and oxygen atoms in total. The first-order chi connectivity index (χ1) is 9.65. The number of thiophene rings is 1. The standard InChI is InChI=1S/C16H19NO2S/c1-11-10-14(12(2)19-11)16(18)17-7-5-13(6-8-17)15-4-3-9-20-15/h3-4,9-10,13H,5-8H2,1-2H3. The molecule has 2 aromatic heterocycles. The van der Waals surface area contributed by atoms with Crippen molar-refractivity contribution in [3.8, 4) is 0 Å². The second kappa shape index (κ2) is 5.44. The van der Waals surface area contributed by atoms with E-state index in [2.05, 4.69) is 17.5 Å². The number of furan rings is 1. The molecule has 0 saturated carbocycles. The molecule has 1 saturated heterocycles. The summed E-state index contributed by atoms with van der Waals surface area (Å²) in [6.07, 6.45) is 2.12. The van der Waals surface area contributed by atoms with Gasteiger partial charge in [-0.2, -0.15) is 0 Å². The molecule has 4 heteroatoms. The van der Waals surface area contributed by atoms with Crippen molar-refractivity contribution in [3.05, 3.63) is 45.5 Å². The number of amides is 1. The van der Waals surface area contributed by atoms with Gasteiger partial charge in [-0.05, 0) is 50.1 Å². The number of nitrogens with zero attached hydrogens (tertiary/aromatic N) is 1. The number of hydrogen-bond donors (Lipinski definition) is 0. The van der Waals surface area contributed by atoms with Gasteiger partial charge in [-0.3, -0.25) is 4.79 Å². The summed E-state index contributed by atoms with van der Waals surface area (Å²) in [6.45, 7) is 5.42. The Labute approximate surface area is 123 Å². The van der Waals surface area contributed by atoms with Gasteiger partial charge < -0.3 is 9.32 Å². The highest BCUT2D eigenvalue weighted by Gasteiger charge is 2.26. The SMILES string of the molecule is Cc1cc(C(=O)N2CCC(c3cccs3)CC2)c(C)o1. The third-order valence-electron chi connectivity index (χ3n) is 4.00. The number of hydrogen-bond acceptors (Lipinski definition) is 3. The zero-order valence-electron chi connectivity index (χ0n) is 11.9. The Morgan fingerprint density at radius 3 is 2.65 bits per heavy atom. The molecule has 1 amide bonds. The predicted octanol–water partition coefficient (Wildman–Crippen LogP) is 3.98. The van der Waals surface area contributed by atoms with E-state index in [1.54, 1.807) is 0 Å². The van der Waals surface area contributed by atoms with E-state index < -0.39 is 0 Å². The van der Waals surface area contributed by atoms with E-state index in [1.165, 1.54) is 4.88 Å². The summed E-state index contributed by atoms with van der Waals surface area (Å²) in [5.41, 5.74) is 0.720. The monoisotopic (exact) mass is 289 g/mol. The molecule has 0 spiro atoms. The topological polar surface area (TPSA) is 33.5 Å². The maximum Gasteiger partial charge on any atom is 0.257 e. The summed E-state index contributed by atoms with van der Waals surface area (Å²) >= 11 is 1.82. The molecule has 0 N–H and O–H groups in total. The fourth-order valence-corrected chi connectivity index (χ4v) is 3.80. The lowest BCUT2D eigenvalue weighted by Crippen LogP contribution is -2.37. The Morgan fingerprint density at radius 2 is 2.10 bits per heavy atom. The van der Waals surface area contributed by atoms with Gasteiger partial charge >= 0.3 is 0 Å². The van der Waals surface area contributed by atoms with Crippen LogP contribution in [-0.2, 0) is 0 Å².